The number of hydrogen-bond acceptors (Lipinski definition) is 5. The van der Waals surface area contributed by atoms with E-state index in [2.05, 4.69) is 0 Å². The highest BCUT2D eigenvalue weighted by atomic mass is 16.7. The standard InChI is InChI=1S/C16H20O5/c1-18-11-20-16-13(21-15(17)10-14(16)19-2)9-8-12-6-4-3-5-7-12/h3-7,10,13,16H,8-9,11H2,1-2H3/t13-,16+/m0/s1. The Morgan fingerprint density at radius 2 is 1.95 bits per heavy atom. The van der Waals surface area contributed by atoms with Gasteiger partial charge in [0.2, 0.25) is 0 Å². The third kappa shape index (κ3) is 4.31. The molecule has 0 amide bonds. The molecule has 1 heterocycles. The third-order valence-corrected chi connectivity index (χ3v) is 3.31. The molecule has 21 heavy (non-hydrogen) atoms. The fourth-order valence-electron chi connectivity index (χ4n) is 2.30. The Morgan fingerprint density at radius 1 is 1.19 bits per heavy atom. The lowest BCUT2D eigenvalue weighted by Crippen LogP contribution is -2.40. The molecule has 0 unspecified atom stereocenters. The van der Waals surface area contributed by atoms with Crippen molar-refractivity contribution in [2.24, 2.45) is 0 Å². The number of benzene rings is 1. The molecule has 0 bridgehead atoms. The number of hydrogen-bond donors (Lipinski definition) is 0. The van der Waals surface area contributed by atoms with Crippen LogP contribution < -0.4 is 0 Å². The van der Waals surface area contributed by atoms with E-state index in [1.54, 1.807) is 7.11 Å². The summed E-state index contributed by atoms with van der Waals surface area (Å²) in [5.74, 6) is 0.0727. The zero-order valence-electron chi connectivity index (χ0n) is 12.3. The summed E-state index contributed by atoms with van der Waals surface area (Å²) in [7, 11) is 3.06. The van der Waals surface area contributed by atoms with Gasteiger partial charge in [-0.2, -0.15) is 0 Å². The minimum absolute atomic E-state index is 0.116. The molecule has 0 saturated carbocycles. The molecule has 5 nitrogen and oxygen atoms in total. The second-order valence-corrected chi connectivity index (χ2v) is 4.74. The Bertz CT molecular complexity index is 483. The lowest BCUT2D eigenvalue weighted by atomic mass is 10.0. The molecule has 1 aromatic rings. The number of aryl methyl sites for hydroxylation is 1. The molecule has 1 aliphatic rings. The molecule has 5 heteroatoms. The summed E-state index contributed by atoms with van der Waals surface area (Å²) in [6, 6.07) is 10.0. The molecule has 0 N–H and O–H groups in total. The second-order valence-electron chi connectivity index (χ2n) is 4.74. The number of rotatable bonds is 7. The topological polar surface area (TPSA) is 54.0 Å². The van der Waals surface area contributed by atoms with Gasteiger partial charge in [0.1, 0.15) is 18.7 Å². The molecule has 2 atom stereocenters. The minimum atomic E-state index is -0.434. The van der Waals surface area contributed by atoms with Crippen molar-refractivity contribution in [2.75, 3.05) is 21.0 Å². The monoisotopic (exact) mass is 292 g/mol. The molecular formula is C16H20O5. The number of cyclic esters (lactones) is 1. The van der Waals surface area contributed by atoms with Crippen LogP contribution >= 0.6 is 0 Å². The van der Waals surface area contributed by atoms with E-state index in [4.69, 9.17) is 18.9 Å². The number of methoxy groups -OCH3 is 2. The maximum atomic E-state index is 11.6. The van der Waals surface area contributed by atoms with E-state index in [1.165, 1.54) is 18.7 Å². The van der Waals surface area contributed by atoms with Crippen LogP contribution in [0, 0.1) is 0 Å². The van der Waals surface area contributed by atoms with E-state index < -0.39 is 12.1 Å². The molecule has 1 aliphatic heterocycles. The Hall–Kier alpha value is -1.85. The van der Waals surface area contributed by atoms with Crippen LogP contribution in [0.25, 0.3) is 0 Å². The van der Waals surface area contributed by atoms with Crippen LogP contribution in [-0.2, 0) is 30.2 Å². The first-order valence-corrected chi connectivity index (χ1v) is 6.85. The van der Waals surface area contributed by atoms with Gasteiger partial charge < -0.3 is 18.9 Å². The van der Waals surface area contributed by atoms with Crippen molar-refractivity contribution in [3.05, 3.63) is 47.7 Å². The van der Waals surface area contributed by atoms with E-state index in [0.29, 0.717) is 12.2 Å². The molecule has 2 rings (SSSR count). The Balaban J connectivity index is 2.04. The molecule has 0 fully saturated rings. The quantitative estimate of drug-likeness (QED) is 0.569. The van der Waals surface area contributed by atoms with Crippen LogP contribution in [0.1, 0.15) is 12.0 Å². The lowest BCUT2D eigenvalue weighted by molar-refractivity contribution is -0.166. The zero-order valence-corrected chi connectivity index (χ0v) is 12.3. The average molecular weight is 292 g/mol. The van der Waals surface area contributed by atoms with Crippen molar-refractivity contribution >= 4 is 5.97 Å². The van der Waals surface area contributed by atoms with Gasteiger partial charge in [0, 0.05) is 7.11 Å². The molecular weight excluding hydrogens is 272 g/mol. The maximum Gasteiger partial charge on any atom is 0.334 e. The lowest BCUT2D eigenvalue weighted by Gasteiger charge is -2.30. The van der Waals surface area contributed by atoms with Gasteiger partial charge in [-0.1, -0.05) is 30.3 Å². The first kappa shape index (κ1) is 15.5. The molecule has 0 aliphatic carbocycles. The summed E-state index contributed by atoms with van der Waals surface area (Å²) in [5.41, 5.74) is 1.19. The predicted molar refractivity (Wildman–Crippen MR) is 76.5 cm³/mol. The summed E-state index contributed by atoms with van der Waals surface area (Å²) in [4.78, 5) is 11.6. The summed E-state index contributed by atoms with van der Waals surface area (Å²) < 4.78 is 21.1. The highest BCUT2D eigenvalue weighted by molar-refractivity contribution is 5.83. The SMILES string of the molecule is COCO[C@H]1C(OC)=CC(=O)O[C@H]1CCc1ccccc1. The fourth-order valence-corrected chi connectivity index (χ4v) is 2.30. The van der Waals surface area contributed by atoms with Gasteiger partial charge in [-0.25, -0.2) is 4.79 Å². The van der Waals surface area contributed by atoms with Gasteiger partial charge in [-0.15, -0.1) is 0 Å². The summed E-state index contributed by atoms with van der Waals surface area (Å²) in [6.45, 7) is 0.116. The summed E-state index contributed by atoms with van der Waals surface area (Å²) in [5, 5.41) is 0. The average Bonchev–Trinajstić information content (AvgIpc) is 2.52. The van der Waals surface area contributed by atoms with Crippen LogP contribution in [0.15, 0.2) is 42.2 Å². The van der Waals surface area contributed by atoms with Crippen molar-refractivity contribution in [3.8, 4) is 0 Å². The van der Waals surface area contributed by atoms with Crippen LogP contribution in [0.2, 0.25) is 0 Å². The summed E-state index contributed by atoms with van der Waals surface area (Å²) >= 11 is 0. The first-order chi connectivity index (χ1) is 10.2. The van der Waals surface area contributed by atoms with Crippen LogP contribution in [0.5, 0.6) is 0 Å². The fraction of sp³-hybridized carbons (Fsp3) is 0.438. The molecule has 0 aromatic heterocycles. The van der Waals surface area contributed by atoms with E-state index in [0.717, 1.165) is 6.42 Å². The first-order valence-electron chi connectivity index (χ1n) is 6.85. The number of ether oxygens (including phenoxy) is 4. The molecule has 114 valence electrons. The maximum absolute atomic E-state index is 11.6. The second kappa shape index (κ2) is 7.81. The number of carbonyl (C=O) groups excluding carboxylic acids is 1. The van der Waals surface area contributed by atoms with Gasteiger partial charge in [-0.3, -0.25) is 0 Å². The van der Waals surface area contributed by atoms with Gasteiger partial charge in [0.25, 0.3) is 0 Å². The van der Waals surface area contributed by atoms with E-state index in [1.807, 2.05) is 30.3 Å². The Morgan fingerprint density at radius 3 is 2.62 bits per heavy atom. The Labute approximate surface area is 124 Å². The van der Waals surface area contributed by atoms with E-state index >= 15 is 0 Å². The predicted octanol–water partition coefficient (Wildman–Crippen LogP) is 2.06. The van der Waals surface area contributed by atoms with Gasteiger partial charge in [0.05, 0.1) is 13.2 Å². The smallest absolute Gasteiger partial charge is 0.334 e. The van der Waals surface area contributed by atoms with E-state index in [-0.39, 0.29) is 12.9 Å². The molecule has 1 aromatic carbocycles. The van der Waals surface area contributed by atoms with Crippen molar-refractivity contribution in [3.63, 3.8) is 0 Å². The number of esters is 1. The highest BCUT2D eigenvalue weighted by Gasteiger charge is 2.34. The van der Waals surface area contributed by atoms with Crippen molar-refractivity contribution in [1.29, 1.82) is 0 Å². The minimum Gasteiger partial charge on any atom is -0.498 e. The van der Waals surface area contributed by atoms with Crippen LogP contribution in [0.3, 0.4) is 0 Å². The van der Waals surface area contributed by atoms with Gasteiger partial charge >= 0.3 is 5.97 Å². The molecule has 0 radical (unpaired) electrons. The number of carbonyl (C=O) groups is 1. The van der Waals surface area contributed by atoms with Crippen LogP contribution in [-0.4, -0.2) is 39.2 Å². The summed E-state index contributed by atoms with van der Waals surface area (Å²) in [6.07, 6.45) is 1.96. The molecule has 0 saturated heterocycles. The largest absolute Gasteiger partial charge is 0.498 e. The van der Waals surface area contributed by atoms with Crippen molar-refractivity contribution < 1.29 is 23.7 Å². The van der Waals surface area contributed by atoms with E-state index in [9.17, 15) is 4.79 Å². The van der Waals surface area contributed by atoms with Crippen molar-refractivity contribution in [1.82, 2.24) is 0 Å². The normalized spacial score (nSPS) is 21.6. The Kier molecular flexibility index (Phi) is 5.78. The molecule has 0 spiro atoms. The highest BCUT2D eigenvalue weighted by Crippen LogP contribution is 2.24. The third-order valence-electron chi connectivity index (χ3n) is 3.31. The van der Waals surface area contributed by atoms with Gasteiger partial charge in [-0.05, 0) is 18.4 Å². The van der Waals surface area contributed by atoms with Crippen molar-refractivity contribution in [2.45, 2.75) is 25.0 Å². The van der Waals surface area contributed by atoms with Gasteiger partial charge in [0.15, 0.2) is 6.10 Å². The zero-order chi connectivity index (χ0) is 15.1. The van der Waals surface area contributed by atoms with Crippen LogP contribution in [0.4, 0.5) is 0 Å².